The van der Waals surface area contributed by atoms with E-state index < -0.39 is 27.8 Å². The molecule has 11 nitrogen and oxygen atoms in total. The summed E-state index contributed by atoms with van der Waals surface area (Å²) in [5.41, 5.74) is -1.45. The molecule has 2 aliphatic carbocycles. The third kappa shape index (κ3) is 5.69. The summed E-state index contributed by atoms with van der Waals surface area (Å²) in [5, 5.41) is 2.64. The number of likely N-dealkylation sites (tertiary alicyclic amines) is 1. The molecule has 1 aromatic carbocycles. The first-order valence-corrected chi connectivity index (χ1v) is 16.5. The van der Waals surface area contributed by atoms with Crippen molar-refractivity contribution >= 4 is 22.1 Å². The molecule has 46 heavy (non-hydrogen) atoms. The Morgan fingerprint density at radius 3 is 2.41 bits per heavy atom. The fourth-order valence-electron chi connectivity index (χ4n) is 6.73. The minimum atomic E-state index is -5.82. The average molecular weight is 662 g/mol. The van der Waals surface area contributed by atoms with E-state index in [-0.39, 0.29) is 35.5 Å². The van der Waals surface area contributed by atoms with E-state index in [1.807, 2.05) is 38.1 Å². The molecule has 2 fully saturated rings. The highest BCUT2D eigenvalue weighted by molar-refractivity contribution is 7.88. The van der Waals surface area contributed by atoms with E-state index in [1.165, 1.54) is 7.11 Å². The molecule has 246 valence electrons. The lowest BCUT2D eigenvalue weighted by Gasteiger charge is -2.31. The van der Waals surface area contributed by atoms with Gasteiger partial charge in [-0.15, -0.1) is 0 Å². The van der Waals surface area contributed by atoms with Gasteiger partial charge in [-0.05, 0) is 61.0 Å². The number of rotatable bonds is 8. The largest absolute Gasteiger partial charge is 0.534 e. The highest BCUT2D eigenvalue weighted by Crippen LogP contribution is 2.56. The minimum Gasteiger partial charge on any atom is -0.453 e. The number of carbonyl (C=O) groups excluding carboxylic acids is 2. The zero-order chi connectivity index (χ0) is 33.0. The van der Waals surface area contributed by atoms with Crippen LogP contribution >= 0.6 is 0 Å². The summed E-state index contributed by atoms with van der Waals surface area (Å²) in [4.78, 5) is 39.4. The second-order valence-corrected chi connectivity index (χ2v) is 13.8. The number of fused-ring (bicyclic) bond motifs is 3. The quantitative estimate of drug-likeness (QED) is 0.239. The van der Waals surface area contributed by atoms with Gasteiger partial charge in [0, 0.05) is 17.7 Å². The van der Waals surface area contributed by atoms with Gasteiger partial charge in [0.2, 0.25) is 5.91 Å². The van der Waals surface area contributed by atoms with Crippen LogP contribution in [0.1, 0.15) is 68.4 Å². The number of pyridine rings is 1. The molecule has 2 N–H and O–H groups in total. The monoisotopic (exact) mass is 661 g/mol. The van der Waals surface area contributed by atoms with Gasteiger partial charge in [0.15, 0.2) is 5.75 Å². The van der Waals surface area contributed by atoms with Crippen LogP contribution in [0.25, 0.3) is 22.5 Å². The molecule has 2 amide bonds. The number of nitrogens with one attached hydrogen (secondary N) is 2. The van der Waals surface area contributed by atoms with Crippen LogP contribution in [0.5, 0.6) is 5.75 Å². The number of carbonyl (C=O) groups is 2. The van der Waals surface area contributed by atoms with Crippen LogP contribution < -0.4 is 9.50 Å². The Bertz CT molecular complexity index is 1760. The van der Waals surface area contributed by atoms with E-state index in [2.05, 4.69) is 24.5 Å². The third-order valence-corrected chi connectivity index (χ3v) is 10.2. The van der Waals surface area contributed by atoms with Gasteiger partial charge in [-0.25, -0.2) is 9.78 Å². The first-order valence-electron chi connectivity index (χ1n) is 15.1. The van der Waals surface area contributed by atoms with E-state index >= 15 is 0 Å². The van der Waals surface area contributed by atoms with Crippen LogP contribution in [0.4, 0.5) is 18.0 Å². The molecule has 0 bridgehead atoms. The Kier molecular flexibility index (Phi) is 8.23. The van der Waals surface area contributed by atoms with Crippen molar-refractivity contribution in [3.63, 3.8) is 0 Å². The zero-order valence-corrected chi connectivity index (χ0v) is 26.2. The van der Waals surface area contributed by atoms with Crippen molar-refractivity contribution in [1.82, 2.24) is 25.2 Å². The molecule has 1 saturated heterocycles. The van der Waals surface area contributed by atoms with Crippen molar-refractivity contribution in [1.29, 1.82) is 0 Å². The Labute approximate surface area is 264 Å². The van der Waals surface area contributed by atoms with Crippen LogP contribution in [0.15, 0.2) is 36.7 Å². The van der Waals surface area contributed by atoms with E-state index in [1.54, 1.807) is 11.1 Å². The number of halogens is 3. The van der Waals surface area contributed by atoms with Crippen molar-refractivity contribution in [3.8, 4) is 28.3 Å². The number of hydrogen-bond acceptors (Lipinski definition) is 8. The van der Waals surface area contributed by atoms with E-state index in [9.17, 15) is 31.2 Å². The van der Waals surface area contributed by atoms with Crippen molar-refractivity contribution in [2.24, 2.45) is 11.8 Å². The Morgan fingerprint density at radius 1 is 1.07 bits per heavy atom. The summed E-state index contributed by atoms with van der Waals surface area (Å²) in [6.07, 6.45) is 5.77. The van der Waals surface area contributed by atoms with Crippen LogP contribution in [0.3, 0.4) is 0 Å². The molecule has 4 atom stereocenters. The highest BCUT2D eigenvalue weighted by Gasteiger charge is 2.50. The normalized spacial score (nSPS) is 21.4. The van der Waals surface area contributed by atoms with Gasteiger partial charge in [-0.3, -0.25) is 9.78 Å². The SMILES string of the molecule is COC(=O)N[C@H](C(=O)N1CCC[C@H]1c1ncc(-c2ccc(-c3ncc(OS(=O)(=O)C(F)(F)F)c4c3C3CCC3C4)cc2)[nH]1)C(C)C. The van der Waals surface area contributed by atoms with Gasteiger partial charge in [0.1, 0.15) is 11.9 Å². The number of hydrogen-bond donors (Lipinski definition) is 2. The maximum absolute atomic E-state index is 13.5. The van der Waals surface area contributed by atoms with Gasteiger partial charge in [-0.1, -0.05) is 38.1 Å². The Balaban J connectivity index is 1.23. The van der Waals surface area contributed by atoms with E-state index in [0.717, 1.165) is 47.8 Å². The summed E-state index contributed by atoms with van der Waals surface area (Å²) in [5.74, 6) is 0.204. The first-order chi connectivity index (χ1) is 21.8. The lowest BCUT2D eigenvalue weighted by Crippen LogP contribution is -2.51. The van der Waals surface area contributed by atoms with Crippen LogP contribution in [-0.4, -0.2) is 65.5 Å². The van der Waals surface area contributed by atoms with Crippen molar-refractivity contribution < 1.29 is 40.1 Å². The van der Waals surface area contributed by atoms with E-state index in [0.29, 0.717) is 36.5 Å². The number of alkyl carbamates (subject to hydrolysis) is 1. The topological polar surface area (TPSA) is 144 Å². The molecule has 3 aromatic rings. The number of aromatic nitrogens is 3. The molecular weight excluding hydrogens is 627 g/mol. The molecule has 15 heteroatoms. The molecule has 6 rings (SSSR count). The second kappa shape index (κ2) is 11.9. The van der Waals surface area contributed by atoms with Gasteiger partial charge in [-0.2, -0.15) is 21.6 Å². The molecular formula is C31H34F3N5O6S. The molecule has 2 unspecified atom stereocenters. The van der Waals surface area contributed by atoms with Crippen molar-refractivity contribution in [3.05, 3.63) is 53.6 Å². The number of benzene rings is 1. The molecule has 1 saturated carbocycles. The van der Waals surface area contributed by atoms with E-state index in [4.69, 9.17) is 4.74 Å². The molecule has 2 aromatic heterocycles. The Morgan fingerprint density at radius 2 is 1.78 bits per heavy atom. The molecule has 3 aliphatic rings. The molecule has 1 aliphatic heterocycles. The number of imidazole rings is 1. The van der Waals surface area contributed by atoms with Gasteiger partial charge in [0.05, 0.1) is 36.9 Å². The number of aromatic amines is 1. The second-order valence-electron chi connectivity index (χ2n) is 12.3. The molecule has 0 radical (unpaired) electrons. The average Bonchev–Trinajstić information content (AvgIpc) is 3.73. The Hall–Kier alpha value is -4.14. The summed E-state index contributed by atoms with van der Waals surface area (Å²) in [6, 6.07) is 6.43. The fourth-order valence-corrected chi connectivity index (χ4v) is 7.21. The number of H-pyrrole nitrogens is 1. The predicted octanol–water partition coefficient (Wildman–Crippen LogP) is 5.46. The number of amides is 2. The zero-order valence-electron chi connectivity index (χ0n) is 25.4. The number of methoxy groups -OCH3 is 1. The van der Waals surface area contributed by atoms with Gasteiger partial charge in [0.25, 0.3) is 0 Å². The minimum absolute atomic E-state index is 0.0830. The van der Waals surface area contributed by atoms with Crippen LogP contribution in [0, 0.1) is 11.8 Å². The van der Waals surface area contributed by atoms with Crippen LogP contribution in [0.2, 0.25) is 0 Å². The third-order valence-electron chi connectivity index (χ3n) is 9.23. The highest BCUT2D eigenvalue weighted by atomic mass is 32.2. The summed E-state index contributed by atoms with van der Waals surface area (Å²) in [6.45, 7) is 4.24. The first kappa shape index (κ1) is 31.8. The number of nitrogens with zero attached hydrogens (tertiary/aromatic N) is 3. The van der Waals surface area contributed by atoms with Gasteiger partial charge < -0.3 is 24.1 Å². The summed E-state index contributed by atoms with van der Waals surface area (Å²) in [7, 11) is -4.57. The van der Waals surface area contributed by atoms with Crippen molar-refractivity contribution in [2.45, 2.75) is 69.5 Å². The van der Waals surface area contributed by atoms with Crippen molar-refractivity contribution in [2.75, 3.05) is 13.7 Å². The smallest absolute Gasteiger partial charge is 0.453 e. The van der Waals surface area contributed by atoms with Gasteiger partial charge >= 0.3 is 21.7 Å². The summed E-state index contributed by atoms with van der Waals surface area (Å²) < 4.78 is 71.9. The predicted molar refractivity (Wildman–Crippen MR) is 160 cm³/mol. The van der Waals surface area contributed by atoms with Crippen LogP contribution in [-0.2, 0) is 26.1 Å². The maximum Gasteiger partial charge on any atom is 0.534 e. The lowest BCUT2D eigenvalue weighted by atomic mass is 9.73. The maximum atomic E-state index is 13.5. The fraction of sp³-hybridized carbons (Fsp3) is 0.484. The number of ether oxygens (including phenoxy) is 1. The molecule has 0 spiro atoms. The number of alkyl halides is 3. The lowest BCUT2D eigenvalue weighted by molar-refractivity contribution is -0.135. The molecule has 3 heterocycles. The summed E-state index contributed by atoms with van der Waals surface area (Å²) >= 11 is 0. The standard InChI is InChI=1S/C31H34F3N5O6S/c1-16(2)26(38-30(41)44-3)29(40)39-12-4-5-23(39)28-36-14-22(37-28)17-6-8-18(9-7-17)27-25-20-11-10-19(20)13-21(25)24(15-35-27)45-46(42,43)31(32,33)34/h6-9,14-16,19-20,23,26H,4-5,10-13H2,1-3H3,(H,36,37)(H,38,41)/t19?,20?,23-,26-/m0/s1.